The highest BCUT2D eigenvalue weighted by Gasteiger charge is 2.31. The molecule has 0 aliphatic heterocycles. The number of hydrogen-bond acceptors (Lipinski definition) is 3. The molecule has 1 fully saturated rings. The highest BCUT2D eigenvalue weighted by molar-refractivity contribution is 7.17. The number of carboxylic acid groups (broad SMARTS) is 1. The summed E-state index contributed by atoms with van der Waals surface area (Å²) in [6.45, 7) is 0.613. The fourth-order valence-corrected chi connectivity index (χ4v) is 4.34. The summed E-state index contributed by atoms with van der Waals surface area (Å²) in [5.74, 6) is -0.885. The standard InChI is InChI=1S/C18H21NO3S/c1-19(10-14-11-23-16-5-3-2-4-15(14)16)17(20)12-6-8-13(9-7-12)18(21)22/h2-5,11-13H,6-10H2,1H3,(H,21,22). The molecule has 1 amide bonds. The Morgan fingerprint density at radius 1 is 1.17 bits per heavy atom. The van der Waals surface area contributed by atoms with Gasteiger partial charge < -0.3 is 10.0 Å². The molecule has 0 atom stereocenters. The minimum atomic E-state index is -0.728. The molecule has 0 radical (unpaired) electrons. The minimum absolute atomic E-state index is 0.0273. The molecule has 5 heteroatoms. The van der Waals surface area contributed by atoms with Gasteiger partial charge in [0.25, 0.3) is 0 Å². The molecule has 0 spiro atoms. The molecule has 0 saturated heterocycles. The molecule has 1 N–H and O–H groups in total. The van der Waals surface area contributed by atoms with Crippen molar-refractivity contribution in [2.75, 3.05) is 7.05 Å². The van der Waals surface area contributed by atoms with Gasteiger partial charge in [0.05, 0.1) is 5.92 Å². The number of carbonyl (C=O) groups excluding carboxylic acids is 1. The maximum absolute atomic E-state index is 12.6. The van der Waals surface area contributed by atoms with Crippen LogP contribution >= 0.6 is 11.3 Å². The Labute approximate surface area is 139 Å². The monoisotopic (exact) mass is 331 g/mol. The van der Waals surface area contributed by atoms with Crippen molar-refractivity contribution in [3.8, 4) is 0 Å². The molecule has 4 nitrogen and oxygen atoms in total. The Hall–Kier alpha value is -1.88. The molecule has 23 heavy (non-hydrogen) atoms. The van der Waals surface area contributed by atoms with E-state index in [1.807, 2.05) is 19.2 Å². The van der Waals surface area contributed by atoms with Crippen LogP contribution in [0.15, 0.2) is 29.6 Å². The minimum Gasteiger partial charge on any atom is -0.481 e. The summed E-state index contributed by atoms with van der Waals surface area (Å²) in [6, 6.07) is 8.24. The normalized spacial score (nSPS) is 21.3. The van der Waals surface area contributed by atoms with Crippen LogP contribution < -0.4 is 0 Å². The second kappa shape index (κ2) is 6.71. The zero-order valence-electron chi connectivity index (χ0n) is 13.2. The van der Waals surface area contributed by atoms with Crippen LogP contribution in [0.1, 0.15) is 31.2 Å². The molecule has 1 aliphatic carbocycles. The third-order valence-electron chi connectivity index (χ3n) is 4.77. The van der Waals surface area contributed by atoms with E-state index in [1.54, 1.807) is 16.2 Å². The fourth-order valence-electron chi connectivity index (χ4n) is 3.39. The first-order valence-corrected chi connectivity index (χ1v) is 8.87. The van der Waals surface area contributed by atoms with Gasteiger partial charge in [-0.05, 0) is 48.1 Å². The average molecular weight is 331 g/mol. The fraction of sp³-hybridized carbons (Fsp3) is 0.444. The molecule has 122 valence electrons. The Morgan fingerprint density at radius 3 is 2.52 bits per heavy atom. The van der Waals surface area contributed by atoms with Crippen molar-refractivity contribution < 1.29 is 14.7 Å². The third-order valence-corrected chi connectivity index (χ3v) is 5.78. The van der Waals surface area contributed by atoms with Gasteiger partial charge in [0.1, 0.15) is 0 Å². The quantitative estimate of drug-likeness (QED) is 0.928. The maximum Gasteiger partial charge on any atom is 0.306 e. The number of thiophene rings is 1. The molecule has 0 bridgehead atoms. The largest absolute Gasteiger partial charge is 0.481 e. The zero-order valence-corrected chi connectivity index (χ0v) is 14.0. The lowest BCUT2D eigenvalue weighted by atomic mass is 9.81. The summed E-state index contributed by atoms with van der Waals surface area (Å²) in [4.78, 5) is 25.4. The summed E-state index contributed by atoms with van der Waals surface area (Å²) in [6.07, 6.45) is 2.59. The van der Waals surface area contributed by atoms with E-state index >= 15 is 0 Å². The second-order valence-corrected chi connectivity index (χ2v) is 7.25. The van der Waals surface area contributed by atoms with Crippen LogP contribution in [0.2, 0.25) is 0 Å². The predicted octanol–water partition coefficient (Wildman–Crippen LogP) is 3.75. The number of nitrogens with zero attached hydrogens (tertiary/aromatic N) is 1. The molecule has 1 saturated carbocycles. The van der Waals surface area contributed by atoms with Crippen LogP contribution in [0.25, 0.3) is 10.1 Å². The second-order valence-electron chi connectivity index (χ2n) is 6.34. The van der Waals surface area contributed by atoms with Crippen molar-refractivity contribution in [3.05, 3.63) is 35.2 Å². The molecule has 1 aromatic carbocycles. The van der Waals surface area contributed by atoms with E-state index in [4.69, 9.17) is 5.11 Å². The van der Waals surface area contributed by atoms with E-state index < -0.39 is 5.97 Å². The first-order chi connectivity index (χ1) is 11.1. The van der Waals surface area contributed by atoms with Crippen LogP contribution in [0, 0.1) is 11.8 Å². The van der Waals surface area contributed by atoms with E-state index in [-0.39, 0.29) is 17.7 Å². The number of carbonyl (C=O) groups is 2. The number of fused-ring (bicyclic) bond motifs is 1. The van der Waals surface area contributed by atoms with Gasteiger partial charge in [-0.2, -0.15) is 0 Å². The highest BCUT2D eigenvalue weighted by Crippen LogP contribution is 2.31. The van der Waals surface area contributed by atoms with Crippen LogP contribution in [-0.4, -0.2) is 28.9 Å². The van der Waals surface area contributed by atoms with E-state index in [0.717, 1.165) is 0 Å². The van der Waals surface area contributed by atoms with Gasteiger partial charge in [-0.25, -0.2) is 0 Å². The Kier molecular flexibility index (Phi) is 4.66. The van der Waals surface area contributed by atoms with Crippen molar-refractivity contribution in [2.24, 2.45) is 11.8 Å². The first-order valence-electron chi connectivity index (χ1n) is 7.99. The molecule has 2 aromatic rings. The lowest BCUT2D eigenvalue weighted by molar-refractivity contribution is -0.145. The highest BCUT2D eigenvalue weighted by atomic mass is 32.1. The van der Waals surface area contributed by atoms with Crippen LogP contribution in [0.5, 0.6) is 0 Å². The lowest BCUT2D eigenvalue weighted by Crippen LogP contribution is -2.35. The summed E-state index contributed by atoms with van der Waals surface area (Å²) in [7, 11) is 1.85. The Morgan fingerprint density at radius 2 is 1.83 bits per heavy atom. The summed E-state index contributed by atoms with van der Waals surface area (Å²) in [5, 5.41) is 12.4. The number of carboxylic acids is 1. The molecule has 1 aliphatic rings. The molecule has 1 aromatic heterocycles. The van der Waals surface area contributed by atoms with Crippen LogP contribution in [0.3, 0.4) is 0 Å². The topological polar surface area (TPSA) is 57.6 Å². The summed E-state index contributed by atoms with van der Waals surface area (Å²) >= 11 is 1.70. The molecular formula is C18H21NO3S. The van der Waals surface area contributed by atoms with Gasteiger partial charge in [0, 0.05) is 24.2 Å². The Bertz CT molecular complexity index is 716. The van der Waals surface area contributed by atoms with Crippen LogP contribution in [-0.2, 0) is 16.1 Å². The molecule has 3 rings (SSSR count). The molecular weight excluding hydrogens is 310 g/mol. The van der Waals surface area contributed by atoms with E-state index in [0.29, 0.717) is 32.2 Å². The van der Waals surface area contributed by atoms with Gasteiger partial charge >= 0.3 is 5.97 Å². The van der Waals surface area contributed by atoms with Gasteiger partial charge in [0.2, 0.25) is 5.91 Å². The third kappa shape index (κ3) is 3.39. The SMILES string of the molecule is CN(Cc1csc2ccccc12)C(=O)C1CCC(C(=O)O)CC1. The zero-order chi connectivity index (χ0) is 16.4. The number of benzene rings is 1. The van der Waals surface area contributed by atoms with Crippen molar-refractivity contribution in [1.29, 1.82) is 0 Å². The van der Waals surface area contributed by atoms with Gasteiger partial charge in [-0.1, -0.05) is 18.2 Å². The van der Waals surface area contributed by atoms with Gasteiger partial charge in [0.15, 0.2) is 0 Å². The molecule has 0 unspecified atom stereocenters. The van der Waals surface area contributed by atoms with Gasteiger partial charge in [-0.3, -0.25) is 9.59 Å². The van der Waals surface area contributed by atoms with E-state index in [1.165, 1.54) is 15.6 Å². The number of hydrogen-bond donors (Lipinski definition) is 1. The lowest BCUT2D eigenvalue weighted by Gasteiger charge is -2.29. The number of rotatable bonds is 4. The van der Waals surface area contributed by atoms with E-state index in [2.05, 4.69) is 17.5 Å². The van der Waals surface area contributed by atoms with E-state index in [9.17, 15) is 9.59 Å². The number of amides is 1. The molecule has 1 heterocycles. The Balaban J connectivity index is 1.63. The maximum atomic E-state index is 12.6. The summed E-state index contributed by atoms with van der Waals surface area (Å²) < 4.78 is 1.24. The smallest absolute Gasteiger partial charge is 0.306 e. The van der Waals surface area contributed by atoms with Crippen LogP contribution in [0.4, 0.5) is 0 Å². The summed E-state index contributed by atoms with van der Waals surface area (Å²) in [5.41, 5.74) is 1.18. The number of aliphatic carboxylic acids is 1. The van der Waals surface area contributed by atoms with Crippen molar-refractivity contribution in [3.63, 3.8) is 0 Å². The first kappa shape index (κ1) is 16.0. The van der Waals surface area contributed by atoms with Crippen molar-refractivity contribution in [1.82, 2.24) is 4.90 Å². The van der Waals surface area contributed by atoms with Gasteiger partial charge in [-0.15, -0.1) is 11.3 Å². The van der Waals surface area contributed by atoms with Crippen molar-refractivity contribution >= 4 is 33.3 Å². The predicted molar refractivity (Wildman–Crippen MR) is 91.4 cm³/mol. The average Bonchev–Trinajstić information content (AvgIpc) is 2.97. The van der Waals surface area contributed by atoms with Crippen molar-refractivity contribution in [2.45, 2.75) is 32.2 Å².